The third kappa shape index (κ3) is 3.65. The zero-order valence-electron chi connectivity index (χ0n) is 11.9. The summed E-state index contributed by atoms with van der Waals surface area (Å²) in [6.45, 7) is 1.88. The number of allylic oxidation sites excluding steroid dienone is 2. The summed E-state index contributed by atoms with van der Waals surface area (Å²) in [5.74, 6) is 0.741. The van der Waals surface area contributed by atoms with Crippen molar-refractivity contribution in [3.63, 3.8) is 0 Å². The van der Waals surface area contributed by atoms with E-state index in [0.29, 0.717) is 5.57 Å². The van der Waals surface area contributed by atoms with Crippen LogP contribution < -0.4 is 10.1 Å². The van der Waals surface area contributed by atoms with Gasteiger partial charge in [0.05, 0.1) is 18.4 Å². The minimum Gasteiger partial charge on any atom is -0.495 e. The quantitative estimate of drug-likeness (QED) is 0.809. The average Bonchev–Trinajstić information content (AvgIpc) is 2.50. The van der Waals surface area contributed by atoms with E-state index in [0.717, 1.165) is 27.2 Å². The van der Waals surface area contributed by atoms with Gasteiger partial charge in [0, 0.05) is 10.2 Å². The summed E-state index contributed by atoms with van der Waals surface area (Å²) in [6, 6.07) is 17.5. The normalized spacial score (nSPS) is 11.3. The summed E-state index contributed by atoms with van der Waals surface area (Å²) >= 11 is 3.40. The first-order valence-corrected chi connectivity index (χ1v) is 7.22. The molecule has 106 valence electrons. The zero-order valence-corrected chi connectivity index (χ0v) is 13.4. The number of nitriles is 1. The SMILES string of the molecule is COc1ccccc1N/C(C)=C(/C#N)c1ccc(Br)cc1. The van der Waals surface area contributed by atoms with Crippen LogP contribution in [-0.4, -0.2) is 7.11 Å². The second-order valence-electron chi connectivity index (χ2n) is 4.44. The Bertz CT molecular complexity index is 699. The molecule has 0 atom stereocenters. The number of benzene rings is 2. The van der Waals surface area contributed by atoms with E-state index in [4.69, 9.17) is 4.74 Å². The molecule has 0 amide bonds. The van der Waals surface area contributed by atoms with Crippen LogP contribution in [-0.2, 0) is 0 Å². The van der Waals surface area contributed by atoms with Gasteiger partial charge in [-0.25, -0.2) is 0 Å². The zero-order chi connectivity index (χ0) is 15.2. The van der Waals surface area contributed by atoms with Gasteiger partial charge < -0.3 is 10.1 Å². The molecule has 0 saturated carbocycles. The van der Waals surface area contributed by atoms with Gasteiger partial charge in [-0.05, 0) is 36.8 Å². The molecule has 0 fully saturated rings. The van der Waals surface area contributed by atoms with Gasteiger partial charge in [0.25, 0.3) is 0 Å². The van der Waals surface area contributed by atoms with Crippen LogP contribution in [0.2, 0.25) is 0 Å². The van der Waals surface area contributed by atoms with Crippen molar-refractivity contribution in [3.05, 3.63) is 64.3 Å². The molecular formula is C17H15BrN2O. The lowest BCUT2D eigenvalue weighted by atomic mass is 10.1. The van der Waals surface area contributed by atoms with E-state index in [-0.39, 0.29) is 0 Å². The van der Waals surface area contributed by atoms with E-state index in [2.05, 4.69) is 27.3 Å². The molecule has 2 aromatic rings. The van der Waals surface area contributed by atoms with Crippen molar-refractivity contribution in [2.24, 2.45) is 0 Å². The Labute approximate surface area is 133 Å². The molecule has 4 heteroatoms. The molecule has 0 heterocycles. The van der Waals surface area contributed by atoms with Gasteiger partial charge >= 0.3 is 0 Å². The number of nitrogens with zero attached hydrogens (tertiary/aromatic N) is 1. The molecule has 0 aliphatic rings. The highest BCUT2D eigenvalue weighted by Gasteiger charge is 2.08. The minimum atomic E-state index is 0.605. The van der Waals surface area contributed by atoms with Crippen molar-refractivity contribution in [2.45, 2.75) is 6.92 Å². The number of methoxy groups -OCH3 is 1. The molecule has 2 aromatic carbocycles. The van der Waals surface area contributed by atoms with Crippen LogP contribution in [0.1, 0.15) is 12.5 Å². The highest BCUT2D eigenvalue weighted by atomic mass is 79.9. The lowest BCUT2D eigenvalue weighted by Crippen LogP contribution is -2.01. The molecule has 0 aromatic heterocycles. The summed E-state index contributed by atoms with van der Waals surface area (Å²) in [5, 5.41) is 12.7. The van der Waals surface area contributed by atoms with Crippen molar-refractivity contribution in [1.29, 1.82) is 5.26 Å². The molecule has 0 saturated heterocycles. The molecule has 2 rings (SSSR count). The van der Waals surface area contributed by atoms with Crippen LogP contribution in [0, 0.1) is 11.3 Å². The number of nitrogens with one attached hydrogen (secondary N) is 1. The monoisotopic (exact) mass is 342 g/mol. The molecule has 0 unspecified atom stereocenters. The maximum absolute atomic E-state index is 9.43. The Morgan fingerprint density at radius 1 is 1.14 bits per heavy atom. The van der Waals surface area contributed by atoms with Crippen molar-refractivity contribution >= 4 is 27.2 Å². The second-order valence-corrected chi connectivity index (χ2v) is 5.36. The van der Waals surface area contributed by atoms with Gasteiger partial charge in [0.2, 0.25) is 0 Å². The van der Waals surface area contributed by atoms with Gasteiger partial charge in [-0.3, -0.25) is 0 Å². The molecule has 0 aliphatic carbocycles. The van der Waals surface area contributed by atoms with Crippen LogP contribution >= 0.6 is 15.9 Å². The van der Waals surface area contributed by atoms with Crippen molar-refractivity contribution in [1.82, 2.24) is 0 Å². The number of ether oxygens (including phenoxy) is 1. The number of hydrogen-bond acceptors (Lipinski definition) is 3. The number of halogens is 1. The molecule has 0 spiro atoms. The minimum absolute atomic E-state index is 0.605. The van der Waals surface area contributed by atoms with Gasteiger partial charge in [-0.1, -0.05) is 40.2 Å². The Morgan fingerprint density at radius 2 is 1.81 bits per heavy atom. The summed E-state index contributed by atoms with van der Waals surface area (Å²) in [5.41, 5.74) is 3.10. The Balaban J connectivity index is 2.36. The Hall–Kier alpha value is -2.25. The highest BCUT2D eigenvalue weighted by Crippen LogP contribution is 2.27. The average molecular weight is 343 g/mol. The fourth-order valence-corrected chi connectivity index (χ4v) is 2.26. The molecule has 21 heavy (non-hydrogen) atoms. The molecular weight excluding hydrogens is 328 g/mol. The third-order valence-corrected chi connectivity index (χ3v) is 3.58. The number of rotatable bonds is 4. The van der Waals surface area contributed by atoms with Gasteiger partial charge in [0.1, 0.15) is 11.8 Å². The van der Waals surface area contributed by atoms with Crippen LogP contribution in [0.25, 0.3) is 5.57 Å². The van der Waals surface area contributed by atoms with E-state index in [1.54, 1.807) is 7.11 Å². The maximum Gasteiger partial charge on any atom is 0.142 e. The number of hydrogen-bond donors (Lipinski definition) is 1. The van der Waals surface area contributed by atoms with E-state index >= 15 is 0 Å². The number of anilines is 1. The van der Waals surface area contributed by atoms with Crippen LogP contribution in [0.4, 0.5) is 5.69 Å². The Morgan fingerprint density at radius 3 is 2.43 bits per heavy atom. The number of para-hydroxylation sites is 2. The second kappa shape index (κ2) is 6.96. The molecule has 0 bridgehead atoms. The Kier molecular flexibility index (Phi) is 5.02. The third-order valence-electron chi connectivity index (χ3n) is 3.05. The lowest BCUT2D eigenvalue weighted by molar-refractivity contribution is 0.416. The van der Waals surface area contributed by atoms with E-state index < -0.39 is 0 Å². The summed E-state index contributed by atoms with van der Waals surface area (Å²) < 4.78 is 6.29. The summed E-state index contributed by atoms with van der Waals surface area (Å²) in [6.07, 6.45) is 0. The fourth-order valence-electron chi connectivity index (χ4n) is 1.99. The van der Waals surface area contributed by atoms with Gasteiger partial charge in [-0.15, -0.1) is 0 Å². The van der Waals surface area contributed by atoms with Crippen LogP contribution in [0.3, 0.4) is 0 Å². The highest BCUT2D eigenvalue weighted by molar-refractivity contribution is 9.10. The van der Waals surface area contributed by atoms with Crippen LogP contribution in [0.5, 0.6) is 5.75 Å². The van der Waals surface area contributed by atoms with Gasteiger partial charge in [0.15, 0.2) is 0 Å². The first-order valence-electron chi connectivity index (χ1n) is 6.42. The lowest BCUT2D eigenvalue weighted by Gasteiger charge is -2.13. The first kappa shape index (κ1) is 15.1. The standard InChI is InChI=1S/C17H15BrN2O/c1-12(20-16-5-3-4-6-17(16)21-2)15(11-19)13-7-9-14(18)10-8-13/h3-10,20H,1-2H3/b15-12-. The van der Waals surface area contributed by atoms with E-state index in [1.807, 2.05) is 55.5 Å². The smallest absolute Gasteiger partial charge is 0.142 e. The summed E-state index contributed by atoms with van der Waals surface area (Å²) in [4.78, 5) is 0. The largest absolute Gasteiger partial charge is 0.495 e. The van der Waals surface area contributed by atoms with E-state index in [9.17, 15) is 5.26 Å². The van der Waals surface area contributed by atoms with Crippen molar-refractivity contribution < 1.29 is 4.74 Å². The summed E-state index contributed by atoms with van der Waals surface area (Å²) in [7, 11) is 1.62. The first-order chi connectivity index (χ1) is 10.2. The molecule has 0 radical (unpaired) electrons. The van der Waals surface area contributed by atoms with E-state index in [1.165, 1.54) is 0 Å². The maximum atomic E-state index is 9.43. The molecule has 1 N–H and O–H groups in total. The predicted octanol–water partition coefficient (Wildman–Crippen LogP) is 4.82. The van der Waals surface area contributed by atoms with Gasteiger partial charge in [-0.2, -0.15) is 5.26 Å². The van der Waals surface area contributed by atoms with Crippen LogP contribution in [0.15, 0.2) is 58.7 Å². The fraction of sp³-hybridized carbons (Fsp3) is 0.118. The molecule has 3 nitrogen and oxygen atoms in total. The molecule has 0 aliphatic heterocycles. The van der Waals surface area contributed by atoms with Crippen molar-refractivity contribution in [3.8, 4) is 11.8 Å². The van der Waals surface area contributed by atoms with Crippen molar-refractivity contribution in [2.75, 3.05) is 12.4 Å². The predicted molar refractivity (Wildman–Crippen MR) is 89.0 cm³/mol. The topological polar surface area (TPSA) is 45.0 Å².